The summed E-state index contributed by atoms with van der Waals surface area (Å²) >= 11 is 1.59. The van der Waals surface area contributed by atoms with Crippen LogP contribution in [0.25, 0.3) is 21.1 Å². The number of ether oxygens (including phenoxy) is 1. The van der Waals surface area contributed by atoms with Gasteiger partial charge < -0.3 is 14.7 Å². The third kappa shape index (κ3) is 3.01. The van der Waals surface area contributed by atoms with Gasteiger partial charge in [0.05, 0.1) is 11.8 Å². The minimum Gasteiger partial charge on any atom is -0.457 e. The largest absolute Gasteiger partial charge is 0.457 e. The Bertz CT molecular complexity index is 1250. The summed E-state index contributed by atoms with van der Waals surface area (Å²) in [5.41, 5.74) is 2.90. The van der Waals surface area contributed by atoms with E-state index in [0.29, 0.717) is 11.2 Å². The van der Waals surface area contributed by atoms with Gasteiger partial charge in [-0.15, -0.1) is 11.3 Å². The van der Waals surface area contributed by atoms with E-state index in [1.807, 2.05) is 30.5 Å². The molecular formula is C21H19N3O3S. The lowest BCUT2D eigenvalue weighted by Crippen LogP contribution is -2.15. The van der Waals surface area contributed by atoms with E-state index >= 15 is 0 Å². The molecule has 4 aromatic rings. The molecular weight excluding hydrogens is 374 g/mol. The molecule has 0 bridgehead atoms. The molecule has 0 radical (unpaired) electrons. The Morgan fingerprint density at radius 1 is 1.21 bits per heavy atom. The summed E-state index contributed by atoms with van der Waals surface area (Å²) in [5, 5.41) is 1.73. The molecule has 5 rings (SSSR count). The first-order valence-electron chi connectivity index (χ1n) is 9.43. The van der Waals surface area contributed by atoms with Gasteiger partial charge in [-0.3, -0.25) is 9.59 Å². The van der Waals surface area contributed by atoms with Crippen molar-refractivity contribution in [2.45, 2.75) is 38.7 Å². The molecule has 28 heavy (non-hydrogen) atoms. The molecule has 0 saturated heterocycles. The predicted molar refractivity (Wildman–Crippen MR) is 109 cm³/mol. The number of rotatable bonds is 4. The van der Waals surface area contributed by atoms with Crippen molar-refractivity contribution in [2.24, 2.45) is 0 Å². The first-order chi connectivity index (χ1) is 13.7. The molecule has 3 aromatic heterocycles. The number of hydrogen-bond donors (Lipinski definition) is 2. The first-order valence-corrected chi connectivity index (χ1v) is 10.2. The van der Waals surface area contributed by atoms with E-state index in [2.05, 4.69) is 15.0 Å². The highest BCUT2D eigenvalue weighted by atomic mass is 32.1. The van der Waals surface area contributed by atoms with Gasteiger partial charge in [-0.25, -0.2) is 4.98 Å². The zero-order chi connectivity index (χ0) is 19.1. The highest BCUT2D eigenvalue weighted by molar-refractivity contribution is 7.18. The SMILES string of the molecule is O=C(Cc1c[nH]c2ccccc12)OCc1nc2sc3c(c2c(=O)[nH]1)CCCC3. The molecule has 7 heteroatoms. The fraction of sp³-hybridized carbons (Fsp3) is 0.286. The number of carbonyl (C=O) groups is 1. The van der Waals surface area contributed by atoms with Crippen LogP contribution in [0.15, 0.2) is 35.3 Å². The fourth-order valence-electron chi connectivity index (χ4n) is 3.91. The Morgan fingerprint density at radius 2 is 2.07 bits per heavy atom. The topological polar surface area (TPSA) is 87.8 Å². The number of para-hydroxylation sites is 1. The number of carbonyl (C=O) groups excluding carboxylic acids is 1. The second-order valence-corrected chi connectivity index (χ2v) is 8.18. The molecule has 0 unspecified atom stereocenters. The number of hydrogen-bond acceptors (Lipinski definition) is 5. The molecule has 0 amide bonds. The van der Waals surface area contributed by atoms with Crippen molar-refractivity contribution < 1.29 is 9.53 Å². The molecule has 0 aliphatic heterocycles. The number of aromatic amines is 2. The Labute approximate surface area is 164 Å². The standard InChI is InChI=1S/C21H19N3O3S/c25-18(9-12-10-22-15-7-3-1-5-13(12)15)27-11-17-23-20(26)19-14-6-2-4-8-16(14)28-21(19)24-17/h1,3,5,7,10,22H,2,4,6,8-9,11H2,(H,23,24,26). The van der Waals surface area contributed by atoms with Crippen molar-refractivity contribution in [1.82, 2.24) is 15.0 Å². The van der Waals surface area contributed by atoms with Crippen LogP contribution in [0.5, 0.6) is 0 Å². The molecule has 0 saturated carbocycles. The van der Waals surface area contributed by atoms with Crippen molar-refractivity contribution in [3.05, 3.63) is 62.6 Å². The molecule has 0 spiro atoms. The fourth-order valence-corrected chi connectivity index (χ4v) is 5.19. The Morgan fingerprint density at radius 3 is 3.00 bits per heavy atom. The van der Waals surface area contributed by atoms with Crippen molar-refractivity contribution >= 4 is 38.4 Å². The summed E-state index contributed by atoms with van der Waals surface area (Å²) in [6.45, 7) is -0.0328. The summed E-state index contributed by atoms with van der Waals surface area (Å²) in [4.78, 5) is 37.3. The maximum Gasteiger partial charge on any atom is 0.310 e. The third-order valence-electron chi connectivity index (χ3n) is 5.25. The average molecular weight is 393 g/mol. The van der Waals surface area contributed by atoms with Gasteiger partial charge in [0.15, 0.2) is 0 Å². The number of aryl methyl sites for hydroxylation is 2. The monoisotopic (exact) mass is 393 g/mol. The Kier molecular flexibility index (Phi) is 4.24. The number of aromatic nitrogens is 3. The van der Waals surface area contributed by atoms with Crippen LogP contribution in [0.2, 0.25) is 0 Å². The smallest absolute Gasteiger partial charge is 0.310 e. The van der Waals surface area contributed by atoms with E-state index in [-0.39, 0.29) is 24.6 Å². The lowest BCUT2D eigenvalue weighted by atomic mass is 9.97. The van der Waals surface area contributed by atoms with Gasteiger partial charge in [-0.05, 0) is 42.9 Å². The highest BCUT2D eigenvalue weighted by Gasteiger charge is 2.20. The molecule has 0 atom stereocenters. The van der Waals surface area contributed by atoms with Gasteiger partial charge in [-0.1, -0.05) is 18.2 Å². The minimum atomic E-state index is -0.349. The lowest BCUT2D eigenvalue weighted by molar-refractivity contribution is -0.144. The lowest BCUT2D eigenvalue weighted by Gasteiger charge is -2.09. The summed E-state index contributed by atoms with van der Waals surface area (Å²) < 4.78 is 5.38. The van der Waals surface area contributed by atoms with Crippen LogP contribution in [0, 0.1) is 0 Å². The number of benzene rings is 1. The molecule has 6 nitrogen and oxygen atoms in total. The molecule has 1 aromatic carbocycles. The molecule has 3 heterocycles. The number of fused-ring (bicyclic) bond motifs is 4. The second-order valence-electron chi connectivity index (χ2n) is 7.10. The van der Waals surface area contributed by atoms with Gasteiger partial charge in [0.1, 0.15) is 17.3 Å². The highest BCUT2D eigenvalue weighted by Crippen LogP contribution is 2.33. The number of H-pyrrole nitrogens is 2. The number of nitrogens with zero attached hydrogens (tertiary/aromatic N) is 1. The molecule has 2 N–H and O–H groups in total. The molecule has 142 valence electrons. The maximum absolute atomic E-state index is 12.5. The van der Waals surface area contributed by atoms with Gasteiger partial charge in [0.2, 0.25) is 0 Å². The molecule has 1 aliphatic carbocycles. The summed E-state index contributed by atoms with van der Waals surface area (Å²) in [6.07, 6.45) is 6.24. The van der Waals surface area contributed by atoms with Crippen LogP contribution in [0.3, 0.4) is 0 Å². The summed E-state index contributed by atoms with van der Waals surface area (Å²) in [5.74, 6) is 0.0429. The summed E-state index contributed by atoms with van der Waals surface area (Å²) in [6, 6.07) is 7.83. The Hall–Kier alpha value is -2.93. The van der Waals surface area contributed by atoms with Crippen molar-refractivity contribution in [2.75, 3.05) is 0 Å². The maximum atomic E-state index is 12.5. The minimum absolute atomic E-state index is 0.0328. The zero-order valence-electron chi connectivity index (χ0n) is 15.2. The normalized spacial score (nSPS) is 13.7. The molecule has 1 aliphatic rings. The van der Waals surface area contributed by atoms with Crippen molar-refractivity contribution in [3.63, 3.8) is 0 Å². The second kappa shape index (κ2) is 6.91. The van der Waals surface area contributed by atoms with E-state index in [4.69, 9.17) is 4.74 Å². The van der Waals surface area contributed by atoms with Crippen LogP contribution in [-0.4, -0.2) is 20.9 Å². The van der Waals surface area contributed by atoms with Crippen LogP contribution in [-0.2, 0) is 35.4 Å². The number of thiophene rings is 1. The van der Waals surface area contributed by atoms with E-state index in [9.17, 15) is 9.59 Å². The predicted octanol–water partition coefficient (Wildman–Crippen LogP) is 3.63. The third-order valence-corrected chi connectivity index (χ3v) is 6.44. The van der Waals surface area contributed by atoms with Gasteiger partial charge in [0, 0.05) is 22.0 Å². The van der Waals surface area contributed by atoms with Crippen LogP contribution in [0.1, 0.15) is 34.7 Å². The van der Waals surface area contributed by atoms with Gasteiger partial charge >= 0.3 is 5.97 Å². The average Bonchev–Trinajstić information content (AvgIpc) is 3.28. The van der Waals surface area contributed by atoms with Gasteiger partial charge in [-0.2, -0.15) is 0 Å². The van der Waals surface area contributed by atoms with Crippen LogP contribution in [0.4, 0.5) is 0 Å². The van der Waals surface area contributed by atoms with E-state index in [0.717, 1.165) is 52.5 Å². The van der Waals surface area contributed by atoms with Crippen LogP contribution >= 0.6 is 11.3 Å². The zero-order valence-corrected chi connectivity index (χ0v) is 16.0. The van der Waals surface area contributed by atoms with Crippen LogP contribution < -0.4 is 5.56 Å². The van der Waals surface area contributed by atoms with E-state index in [1.165, 1.54) is 4.88 Å². The van der Waals surface area contributed by atoms with Crippen molar-refractivity contribution in [1.29, 1.82) is 0 Å². The summed E-state index contributed by atoms with van der Waals surface area (Å²) in [7, 11) is 0. The first kappa shape index (κ1) is 17.2. The van der Waals surface area contributed by atoms with Crippen molar-refractivity contribution in [3.8, 4) is 0 Å². The number of esters is 1. The quantitative estimate of drug-likeness (QED) is 0.518. The molecule has 0 fully saturated rings. The van der Waals surface area contributed by atoms with Gasteiger partial charge in [0.25, 0.3) is 5.56 Å². The Balaban J connectivity index is 1.33. The number of nitrogens with one attached hydrogen (secondary N) is 2. The van der Waals surface area contributed by atoms with E-state index in [1.54, 1.807) is 11.3 Å². The van der Waals surface area contributed by atoms with E-state index < -0.39 is 0 Å².